The van der Waals surface area contributed by atoms with Gasteiger partial charge in [0.1, 0.15) is 5.75 Å². The van der Waals surface area contributed by atoms with E-state index in [0.29, 0.717) is 12.8 Å². The molecule has 4 heteroatoms. The van der Waals surface area contributed by atoms with E-state index in [0.717, 1.165) is 11.3 Å². The van der Waals surface area contributed by atoms with Crippen molar-refractivity contribution in [3.63, 3.8) is 0 Å². The van der Waals surface area contributed by atoms with Gasteiger partial charge in [-0.1, -0.05) is 12.1 Å². The fourth-order valence-corrected chi connectivity index (χ4v) is 1.32. The average molecular weight is 208 g/mol. The van der Waals surface area contributed by atoms with Crippen molar-refractivity contribution in [2.24, 2.45) is 11.5 Å². The van der Waals surface area contributed by atoms with Gasteiger partial charge in [-0.2, -0.15) is 0 Å². The Hall–Kier alpha value is -1.55. The maximum atomic E-state index is 10.6. The number of methoxy groups -OCH3 is 1. The summed E-state index contributed by atoms with van der Waals surface area (Å²) in [5, 5.41) is 0. The normalized spacial score (nSPS) is 12.1. The van der Waals surface area contributed by atoms with Crippen molar-refractivity contribution < 1.29 is 9.53 Å². The number of nitrogens with two attached hydrogens (primary N) is 2. The Bertz CT molecular complexity index is 322. The zero-order chi connectivity index (χ0) is 11.3. The van der Waals surface area contributed by atoms with Crippen molar-refractivity contribution >= 4 is 5.91 Å². The standard InChI is InChI=1S/C11H16N2O2/c1-15-9-4-2-8(3-5-9)10(12)6-7-11(13)14/h2-5,10H,6-7,12H2,1H3,(H2,13,14). The van der Waals surface area contributed by atoms with Gasteiger partial charge in [-0.15, -0.1) is 0 Å². The number of rotatable bonds is 5. The topological polar surface area (TPSA) is 78.3 Å². The van der Waals surface area contributed by atoms with Crippen molar-refractivity contribution in [2.75, 3.05) is 7.11 Å². The van der Waals surface area contributed by atoms with Gasteiger partial charge in [0.05, 0.1) is 7.11 Å². The van der Waals surface area contributed by atoms with Crippen LogP contribution in [0.25, 0.3) is 0 Å². The van der Waals surface area contributed by atoms with Crippen LogP contribution in [-0.4, -0.2) is 13.0 Å². The van der Waals surface area contributed by atoms with E-state index in [1.807, 2.05) is 24.3 Å². The predicted octanol–water partition coefficient (Wildman–Crippen LogP) is 0.960. The van der Waals surface area contributed by atoms with E-state index < -0.39 is 0 Å². The highest BCUT2D eigenvalue weighted by Gasteiger charge is 2.07. The lowest BCUT2D eigenvalue weighted by Gasteiger charge is -2.11. The van der Waals surface area contributed by atoms with E-state index in [4.69, 9.17) is 16.2 Å². The highest BCUT2D eigenvalue weighted by molar-refractivity contribution is 5.73. The fourth-order valence-electron chi connectivity index (χ4n) is 1.32. The lowest BCUT2D eigenvalue weighted by Crippen LogP contribution is -2.16. The van der Waals surface area contributed by atoms with Crippen LogP contribution < -0.4 is 16.2 Å². The second-order valence-corrected chi connectivity index (χ2v) is 3.38. The van der Waals surface area contributed by atoms with Crippen molar-refractivity contribution in [3.05, 3.63) is 29.8 Å². The van der Waals surface area contributed by atoms with Crippen molar-refractivity contribution in [1.82, 2.24) is 0 Å². The van der Waals surface area contributed by atoms with Gasteiger partial charge in [-0.05, 0) is 24.1 Å². The number of carbonyl (C=O) groups is 1. The summed E-state index contributed by atoms with van der Waals surface area (Å²) >= 11 is 0. The van der Waals surface area contributed by atoms with Crippen molar-refractivity contribution in [1.29, 1.82) is 0 Å². The van der Waals surface area contributed by atoms with E-state index >= 15 is 0 Å². The van der Waals surface area contributed by atoms with Gasteiger partial charge in [0, 0.05) is 12.5 Å². The van der Waals surface area contributed by atoms with Crippen LogP contribution in [0.15, 0.2) is 24.3 Å². The molecule has 1 unspecified atom stereocenters. The summed E-state index contributed by atoms with van der Waals surface area (Å²) in [6.45, 7) is 0. The molecule has 0 bridgehead atoms. The zero-order valence-corrected chi connectivity index (χ0v) is 8.77. The first-order valence-corrected chi connectivity index (χ1v) is 4.81. The third kappa shape index (κ3) is 3.59. The van der Waals surface area contributed by atoms with Crippen LogP contribution in [-0.2, 0) is 4.79 Å². The number of hydrogen-bond donors (Lipinski definition) is 2. The summed E-state index contributed by atoms with van der Waals surface area (Å²) in [5.74, 6) is 0.472. The van der Waals surface area contributed by atoms with Crippen molar-refractivity contribution in [3.8, 4) is 5.75 Å². The Labute approximate surface area is 89.2 Å². The largest absolute Gasteiger partial charge is 0.497 e. The Morgan fingerprint density at radius 3 is 2.47 bits per heavy atom. The first-order valence-electron chi connectivity index (χ1n) is 4.81. The molecule has 0 spiro atoms. The third-order valence-electron chi connectivity index (χ3n) is 2.25. The smallest absolute Gasteiger partial charge is 0.217 e. The molecule has 1 aromatic rings. The number of ether oxygens (including phenoxy) is 1. The molecule has 0 fully saturated rings. The minimum absolute atomic E-state index is 0.150. The zero-order valence-electron chi connectivity index (χ0n) is 8.77. The molecule has 0 aliphatic carbocycles. The Kier molecular flexibility index (Phi) is 4.12. The van der Waals surface area contributed by atoms with Crippen LogP contribution in [0.2, 0.25) is 0 Å². The van der Waals surface area contributed by atoms with Crippen LogP contribution in [0, 0.1) is 0 Å². The molecule has 1 atom stereocenters. The Morgan fingerprint density at radius 2 is 2.00 bits per heavy atom. The molecular weight excluding hydrogens is 192 g/mol. The first-order chi connectivity index (χ1) is 7.13. The average Bonchev–Trinajstić information content (AvgIpc) is 2.26. The first kappa shape index (κ1) is 11.5. The molecule has 1 rings (SSSR count). The number of carbonyl (C=O) groups excluding carboxylic acids is 1. The minimum Gasteiger partial charge on any atom is -0.497 e. The van der Waals surface area contributed by atoms with E-state index in [2.05, 4.69) is 0 Å². The van der Waals surface area contributed by atoms with Gasteiger partial charge in [-0.25, -0.2) is 0 Å². The third-order valence-corrected chi connectivity index (χ3v) is 2.25. The number of primary amides is 1. The van der Waals surface area contributed by atoms with Gasteiger partial charge in [0.15, 0.2) is 0 Å². The Balaban J connectivity index is 2.57. The monoisotopic (exact) mass is 208 g/mol. The molecule has 82 valence electrons. The van der Waals surface area contributed by atoms with Crippen LogP contribution in [0.1, 0.15) is 24.4 Å². The maximum absolute atomic E-state index is 10.6. The lowest BCUT2D eigenvalue weighted by molar-refractivity contribution is -0.118. The van der Waals surface area contributed by atoms with Gasteiger partial charge in [0.2, 0.25) is 5.91 Å². The van der Waals surface area contributed by atoms with Crippen LogP contribution >= 0.6 is 0 Å². The molecule has 0 saturated heterocycles. The minimum atomic E-state index is -0.320. The van der Waals surface area contributed by atoms with E-state index in [9.17, 15) is 4.79 Å². The highest BCUT2D eigenvalue weighted by atomic mass is 16.5. The summed E-state index contributed by atoms with van der Waals surface area (Å²) in [6.07, 6.45) is 0.884. The van der Waals surface area contributed by atoms with Crippen LogP contribution in [0.5, 0.6) is 5.75 Å². The fraction of sp³-hybridized carbons (Fsp3) is 0.364. The summed E-state index contributed by atoms with van der Waals surface area (Å²) in [6, 6.07) is 7.33. The molecule has 0 aliphatic rings. The highest BCUT2D eigenvalue weighted by Crippen LogP contribution is 2.18. The van der Waals surface area contributed by atoms with Crippen LogP contribution in [0.4, 0.5) is 0 Å². The van der Waals surface area contributed by atoms with Gasteiger partial charge >= 0.3 is 0 Å². The summed E-state index contributed by atoms with van der Waals surface area (Å²) in [5.41, 5.74) is 11.9. The van der Waals surface area contributed by atoms with Gasteiger partial charge in [0.25, 0.3) is 0 Å². The van der Waals surface area contributed by atoms with Gasteiger partial charge < -0.3 is 16.2 Å². The molecule has 1 amide bonds. The molecule has 0 heterocycles. The SMILES string of the molecule is COc1ccc(C(N)CCC(N)=O)cc1. The summed E-state index contributed by atoms with van der Waals surface area (Å²) in [4.78, 5) is 10.6. The van der Waals surface area contributed by atoms with E-state index in [1.54, 1.807) is 7.11 Å². The van der Waals surface area contributed by atoms with E-state index in [1.165, 1.54) is 0 Å². The van der Waals surface area contributed by atoms with Gasteiger partial charge in [-0.3, -0.25) is 4.79 Å². The number of benzene rings is 1. The molecule has 4 N–H and O–H groups in total. The Morgan fingerprint density at radius 1 is 1.40 bits per heavy atom. The lowest BCUT2D eigenvalue weighted by atomic mass is 10.0. The maximum Gasteiger partial charge on any atom is 0.217 e. The summed E-state index contributed by atoms with van der Waals surface area (Å²) in [7, 11) is 1.61. The molecule has 0 aromatic heterocycles. The molecule has 0 aliphatic heterocycles. The molecule has 4 nitrogen and oxygen atoms in total. The molecule has 0 saturated carbocycles. The quantitative estimate of drug-likeness (QED) is 0.756. The predicted molar refractivity (Wildman–Crippen MR) is 58.4 cm³/mol. The molecule has 1 aromatic carbocycles. The van der Waals surface area contributed by atoms with Crippen molar-refractivity contribution in [2.45, 2.75) is 18.9 Å². The summed E-state index contributed by atoms with van der Waals surface area (Å²) < 4.78 is 5.03. The van der Waals surface area contributed by atoms with E-state index in [-0.39, 0.29) is 11.9 Å². The number of hydrogen-bond acceptors (Lipinski definition) is 3. The molecule has 0 radical (unpaired) electrons. The molecule has 15 heavy (non-hydrogen) atoms. The number of amides is 1. The van der Waals surface area contributed by atoms with Crippen LogP contribution in [0.3, 0.4) is 0 Å². The second kappa shape index (κ2) is 5.36. The molecular formula is C11H16N2O2. The second-order valence-electron chi connectivity index (χ2n) is 3.38.